The quantitative estimate of drug-likeness (QED) is 0.162. The molecule has 6 nitrogen and oxygen atoms in total. The summed E-state index contributed by atoms with van der Waals surface area (Å²) in [5.74, 6) is -0.304. The molecule has 1 fully saturated rings. The lowest BCUT2D eigenvalue weighted by atomic mass is 9.93. The summed E-state index contributed by atoms with van der Waals surface area (Å²) in [6, 6.07) is 21.3. The highest BCUT2D eigenvalue weighted by molar-refractivity contribution is 7.79. The second-order valence-corrected chi connectivity index (χ2v) is 8.54. The largest absolute Gasteiger partial charge is 0.458 e. The van der Waals surface area contributed by atoms with Gasteiger partial charge in [0.2, 0.25) is 5.91 Å². The number of benzene rings is 3. The molecule has 1 aliphatic rings. The third-order valence-electron chi connectivity index (χ3n) is 5.71. The van der Waals surface area contributed by atoms with Crippen molar-refractivity contribution >= 4 is 36.2 Å². The molecule has 8 heteroatoms. The summed E-state index contributed by atoms with van der Waals surface area (Å²) >= 11 is 3.53. The number of carbonyl (C=O) groups excluding carboxylic acids is 3. The average molecular weight is 540 g/mol. The van der Waals surface area contributed by atoms with Crippen LogP contribution in [0.1, 0.15) is 62.4 Å². The van der Waals surface area contributed by atoms with E-state index >= 15 is 0 Å². The van der Waals surface area contributed by atoms with Gasteiger partial charge < -0.3 is 14.4 Å². The highest BCUT2D eigenvalue weighted by atomic mass is 32.1. The van der Waals surface area contributed by atoms with Crippen LogP contribution in [0.4, 0.5) is 10.1 Å². The number of hydrogen-bond donors (Lipinski definition) is 1. The molecular weight excluding hydrogens is 505 g/mol. The van der Waals surface area contributed by atoms with Crippen LogP contribution < -0.4 is 9.64 Å². The lowest BCUT2D eigenvalue weighted by Gasteiger charge is -2.40. The lowest BCUT2D eigenvalue weighted by molar-refractivity contribution is -0.146. The standard InChI is InChI=1S/C18H17NO3.C11H13FO2.CH4S/c1-12-3-7-15(8-4-12)19-17(11-18(19)21)14-5-9-16(10-6-14)22-13(2)20;1-3-11(14-8(2)13)9-4-6-10(12)7-5-9;1-2/h3-10,17H,11H2,1-2H3;4-7,11H,3H2,1-2H3;2H,1H3. The molecule has 0 bridgehead atoms. The van der Waals surface area contributed by atoms with Crippen LogP contribution in [-0.2, 0) is 19.1 Å². The van der Waals surface area contributed by atoms with E-state index in [-0.39, 0.29) is 35.8 Å². The molecule has 2 atom stereocenters. The molecule has 3 aromatic carbocycles. The number of nitrogens with zero attached hydrogens (tertiary/aromatic N) is 1. The zero-order valence-corrected chi connectivity index (χ0v) is 23.2. The number of ether oxygens (including phenoxy) is 2. The Hall–Kier alpha value is -3.65. The number of halogens is 1. The zero-order valence-electron chi connectivity index (χ0n) is 22.3. The molecule has 1 heterocycles. The van der Waals surface area contributed by atoms with Gasteiger partial charge in [0.25, 0.3) is 0 Å². The number of esters is 2. The van der Waals surface area contributed by atoms with Crippen LogP contribution >= 0.6 is 12.6 Å². The van der Waals surface area contributed by atoms with Gasteiger partial charge >= 0.3 is 11.9 Å². The molecule has 1 saturated heterocycles. The molecule has 38 heavy (non-hydrogen) atoms. The van der Waals surface area contributed by atoms with Gasteiger partial charge in [-0.05, 0) is 67.1 Å². The number of carbonyl (C=O) groups is 3. The van der Waals surface area contributed by atoms with Gasteiger partial charge in [-0.3, -0.25) is 14.4 Å². The van der Waals surface area contributed by atoms with Crippen LogP contribution in [0.2, 0.25) is 0 Å². The van der Waals surface area contributed by atoms with Crippen molar-refractivity contribution in [3.05, 3.63) is 95.3 Å². The fraction of sp³-hybridized carbons (Fsp3) is 0.300. The van der Waals surface area contributed by atoms with Gasteiger partial charge in [0.1, 0.15) is 17.7 Å². The maximum absolute atomic E-state index is 12.6. The van der Waals surface area contributed by atoms with E-state index in [0.29, 0.717) is 18.6 Å². The van der Waals surface area contributed by atoms with E-state index < -0.39 is 0 Å². The van der Waals surface area contributed by atoms with E-state index in [1.807, 2.05) is 50.2 Å². The Morgan fingerprint density at radius 3 is 2.00 bits per heavy atom. The first-order valence-electron chi connectivity index (χ1n) is 12.2. The van der Waals surface area contributed by atoms with Crippen molar-refractivity contribution in [2.24, 2.45) is 0 Å². The number of amides is 1. The zero-order chi connectivity index (χ0) is 28.2. The summed E-state index contributed by atoms with van der Waals surface area (Å²) in [5.41, 5.74) is 3.94. The van der Waals surface area contributed by atoms with Crippen LogP contribution in [0, 0.1) is 12.7 Å². The second kappa shape index (κ2) is 14.9. The number of β-lactam (4-membered cyclic amide) rings is 1. The number of rotatable bonds is 6. The normalized spacial score (nSPS) is 14.6. The molecule has 1 aliphatic heterocycles. The molecule has 0 aromatic heterocycles. The van der Waals surface area contributed by atoms with Crippen molar-refractivity contribution < 1.29 is 28.2 Å². The lowest BCUT2D eigenvalue weighted by Crippen LogP contribution is -2.46. The van der Waals surface area contributed by atoms with Gasteiger partial charge in [-0.15, -0.1) is 0 Å². The third kappa shape index (κ3) is 8.73. The maximum Gasteiger partial charge on any atom is 0.308 e. The van der Waals surface area contributed by atoms with Crippen molar-refractivity contribution in [3.63, 3.8) is 0 Å². The Balaban J connectivity index is 0.000000274. The SMILES string of the molecule is CC(=O)Oc1ccc(C2CC(=O)N2c2ccc(C)cc2)cc1.CCC(OC(C)=O)c1ccc(F)cc1.CS. The molecule has 0 N–H and O–H groups in total. The number of anilines is 1. The van der Waals surface area contributed by atoms with E-state index in [0.717, 1.165) is 16.8 Å². The maximum atomic E-state index is 12.6. The topological polar surface area (TPSA) is 72.9 Å². The van der Waals surface area contributed by atoms with Crippen molar-refractivity contribution in [3.8, 4) is 5.75 Å². The molecule has 2 unspecified atom stereocenters. The van der Waals surface area contributed by atoms with Crippen LogP contribution in [0.5, 0.6) is 5.75 Å². The first kappa shape index (κ1) is 30.6. The van der Waals surface area contributed by atoms with Crippen molar-refractivity contribution in [1.29, 1.82) is 0 Å². The predicted octanol–water partition coefficient (Wildman–Crippen LogP) is 6.78. The van der Waals surface area contributed by atoms with Crippen LogP contribution in [-0.4, -0.2) is 24.1 Å². The van der Waals surface area contributed by atoms with Crippen molar-refractivity contribution in [1.82, 2.24) is 0 Å². The van der Waals surface area contributed by atoms with E-state index in [9.17, 15) is 18.8 Å². The molecule has 0 aliphatic carbocycles. The van der Waals surface area contributed by atoms with E-state index in [1.165, 1.54) is 31.5 Å². The second-order valence-electron chi connectivity index (χ2n) is 8.54. The monoisotopic (exact) mass is 539 g/mol. The third-order valence-corrected chi connectivity index (χ3v) is 5.71. The van der Waals surface area contributed by atoms with E-state index in [1.54, 1.807) is 35.4 Å². The molecule has 0 saturated carbocycles. The Morgan fingerprint density at radius 1 is 0.947 bits per heavy atom. The summed E-state index contributed by atoms with van der Waals surface area (Å²) in [5, 5.41) is 0. The molecule has 1 amide bonds. The summed E-state index contributed by atoms with van der Waals surface area (Å²) in [4.78, 5) is 35.5. The van der Waals surface area contributed by atoms with Crippen LogP contribution in [0.15, 0.2) is 72.8 Å². The van der Waals surface area contributed by atoms with Gasteiger partial charge in [0, 0.05) is 19.5 Å². The molecule has 202 valence electrons. The van der Waals surface area contributed by atoms with Gasteiger partial charge in [-0.25, -0.2) is 4.39 Å². The van der Waals surface area contributed by atoms with Gasteiger partial charge in [0.15, 0.2) is 0 Å². The number of thiol groups is 1. The van der Waals surface area contributed by atoms with E-state index in [4.69, 9.17) is 9.47 Å². The molecular formula is C30H34FNO5S. The Bertz CT molecular complexity index is 1200. The summed E-state index contributed by atoms with van der Waals surface area (Å²) in [6.07, 6.45) is 2.61. The highest BCUT2D eigenvalue weighted by Gasteiger charge is 2.38. The van der Waals surface area contributed by atoms with Crippen molar-refractivity contribution in [2.75, 3.05) is 11.2 Å². The number of aryl methyl sites for hydroxylation is 1. The fourth-order valence-electron chi connectivity index (χ4n) is 3.90. The smallest absolute Gasteiger partial charge is 0.308 e. The first-order chi connectivity index (χ1) is 18.2. The summed E-state index contributed by atoms with van der Waals surface area (Å²) < 4.78 is 22.7. The van der Waals surface area contributed by atoms with Crippen molar-refractivity contribution in [2.45, 2.75) is 52.7 Å². The molecule has 4 rings (SSSR count). The molecule has 0 spiro atoms. The Morgan fingerprint density at radius 2 is 1.53 bits per heavy atom. The van der Waals surface area contributed by atoms with Crippen LogP contribution in [0.25, 0.3) is 0 Å². The molecule has 3 aromatic rings. The Kier molecular flexibility index (Phi) is 12.0. The summed E-state index contributed by atoms with van der Waals surface area (Å²) in [6.45, 7) is 6.67. The van der Waals surface area contributed by atoms with E-state index in [2.05, 4.69) is 12.6 Å². The predicted molar refractivity (Wildman–Crippen MR) is 150 cm³/mol. The average Bonchev–Trinajstić information content (AvgIpc) is 2.89. The van der Waals surface area contributed by atoms with Crippen LogP contribution in [0.3, 0.4) is 0 Å². The first-order valence-corrected chi connectivity index (χ1v) is 13.1. The van der Waals surface area contributed by atoms with Gasteiger partial charge in [-0.1, -0.05) is 48.9 Å². The minimum atomic E-state index is -0.340. The Labute approximate surface area is 229 Å². The highest BCUT2D eigenvalue weighted by Crippen LogP contribution is 2.39. The fourth-order valence-corrected chi connectivity index (χ4v) is 3.90. The molecule has 0 radical (unpaired) electrons. The minimum absolute atomic E-state index is 0.0431. The minimum Gasteiger partial charge on any atom is -0.458 e. The number of hydrogen-bond acceptors (Lipinski definition) is 6. The van der Waals surface area contributed by atoms with Gasteiger partial charge in [-0.2, -0.15) is 12.6 Å². The van der Waals surface area contributed by atoms with Gasteiger partial charge in [0.05, 0.1) is 12.5 Å². The summed E-state index contributed by atoms with van der Waals surface area (Å²) in [7, 11) is 0.